The van der Waals surface area contributed by atoms with Gasteiger partial charge in [0.25, 0.3) is 0 Å². The van der Waals surface area contributed by atoms with E-state index >= 15 is 0 Å². The molecular weight excluding hydrogens is 331 g/mol. The normalized spacial score (nSPS) is 14.4. The van der Waals surface area contributed by atoms with Crippen LogP contribution in [0.4, 0.5) is 10.3 Å². The van der Waals surface area contributed by atoms with Gasteiger partial charge in [0.05, 0.1) is 13.2 Å². The highest BCUT2D eigenvalue weighted by molar-refractivity contribution is 5.56. The van der Waals surface area contributed by atoms with Gasteiger partial charge < -0.3 is 9.64 Å². The first-order valence-electron chi connectivity index (χ1n) is 8.65. The third kappa shape index (κ3) is 3.86. The fraction of sp³-hybridized carbons (Fsp3) is 0.250. The fourth-order valence-electron chi connectivity index (χ4n) is 2.93. The molecule has 6 heteroatoms. The molecule has 0 amide bonds. The van der Waals surface area contributed by atoms with E-state index < -0.39 is 0 Å². The van der Waals surface area contributed by atoms with E-state index in [1.807, 2.05) is 36.4 Å². The van der Waals surface area contributed by atoms with E-state index in [9.17, 15) is 4.39 Å². The Morgan fingerprint density at radius 3 is 2.50 bits per heavy atom. The molecule has 132 valence electrons. The first kappa shape index (κ1) is 16.6. The van der Waals surface area contributed by atoms with E-state index in [1.165, 1.54) is 12.1 Å². The van der Waals surface area contributed by atoms with Crippen LogP contribution >= 0.6 is 0 Å². The van der Waals surface area contributed by atoms with Crippen molar-refractivity contribution >= 4 is 5.95 Å². The molecule has 1 aliphatic rings. The van der Waals surface area contributed by atoms with Crippen molar-refractivity contribution in [2.75, 3.05) is 31.2 Å². The van der Waals surface area contributed by atoms with Crippen molar-refractivity contribution in [3.63, 3.8) is 0 Å². The predicted molar refractivity (Wildman–Crippen MR) is 97.5 cm³/mol. The predicted octanol–water partition coefficient (Wildman–Crippen LogP) is 3.11. The second kappa shape index (κ2) is 7.58. The first-order chi connectivity index (χ1) is 12.8. The Balaban J connectivity index is 1.73. The van der Waals surface area contributed by atoms with Crippen LogP contribution in [0.2, 0.25) is 0 Å². The van der Waals surface area contributed by atoms with Gasteiger partial charge in [0, 0.05) is 25.1 Å². The molecule has 1 aromatic heterocycles. The lowest BCUT2D eigenvalue weighted by molar-refractivity contribution is 0.122. The van der Waals surface area contributed by atoms with Crippen LogP contribution in [0.5, 0.6) is 0 Å². The van der Waals surface area contributed by atoms with E-state index in [-0.39, 0.29) is 5.82 Å². The van der Waals surface area contributed by atoms with Gasteiger partial charge in [0.15, 0.2) is 5.82 Å². The summed E-state index contributed by atoms with van der Waals surface area (Å²) in [7, 11) is 0. The molecular formula is C20H19FN4O. The molecule has 2 aromatic carbocycles. The summed E-state index contributed by atoms with van der Waals surface area (Å²) in [6.45, 7) is 2.76. The SMILES string of the molecule is Fc1cccc(-c2nc(Cc3ccccc3)nc(N3CCOCC3)n2)c1. The fourth-order valence-corrected chi connectivity index (χ4v) is 2.93. The zero-order valence-electron chi connectivity index (χ0n) is 14.3. The van der Waals surface area contributed by atoms with Crippen molar-refractivity contribution in [1.29, 1.82) is 0 Å². The summed E-state index contributed by atoms with van der Waals surface area (Å²) < 4.78 is 19.1. The lowest BCUT2D eigenvalue weighted by Crippen LogP contribution is -2.37. The number of anilines is 1. The van der Waals surface area contributed by atoms with Gasteiger partial charge in [-0.05, 0) is 17.7 Å². The molecule has 1 fully saturated rings. The molecule has 0 N–H and O–H groups in total. The number of ether oxygens (including phenoxy) is 1. The maximum Gasteiger partial charge on any atom is 0.229 e. The molecule has 1 saturated heterocycles. The Kier molecular flexibility index (Phi) is 4.84. The van der Waals surface area contributed by atoms with Crippen molar-refractivity contribution in [2.45, 2.75) is 6.42 Å². The number of nitrogens with zero attached hydrogens (tertiary/aromatic N) is 4. The van der Waals surface area contributed by atoms with E-state index in [4.69, 9.17) is 4.74 Å². The topological polar surface area (TPSA) is 51.1 Å². The number of morpholine rings is 1. The van der Waals surface area contributed by atoms with Crippen molar-refractivity contribution in [3.05, 3.63) is 71.8 Å². The van der Waals surface area contributed by atoms with Gasteiger partial charge in [-0.3, -0.25) is 0 Å². The highest BCUT2D eigenvalue weighted by atomic mass is 19.1. The zero-order valence-corrected chi connectivity index (χ0v) is 14.3. The van der Waals surface area contributed by atoms with Gasteiger partial charge in [-0.1, -0.05) is 42.5 Å². The van der Waals surface area contributed by atoms with Gasteiger partial charge in [-0.15, -0.1) is 0 Å². The van der Waals surface area contributed by atoms with Gasteiger partial charge >= 0.3 is 0 Å². The number of hydrogen-bond donors (Lipinski definition) is 0. The molecule has 1 aliphatic heterocycles. The van der Waals surface area contributed by atoms with Crippen LogP contribution in [0, 0.1) is 5.82 Å². The third-order valence-electron chi connectivity index (χ3n) is 4.25. The van der Waals surface area contributed by atoms with Gasteiger partial charge in [-0.25, -0.2) is 9.37 Å². The minimum atomic E-state index is -0.305. The van der Waals surface area contributed by atoms with E-state index in [2.05, 4.69) is 19.9 Å². The van der Waals surface area contributed by atoms with Crippen LogP contribution in [0.1, 0.15) is 11.4 Å². The van der Waals surface area contributed by atoms with Gasteiger partial charge in [-0.2, -0.15) is 9.97 Å². The quantitative estimate of drug-likeness (QED) is 0.724. The van der Waals surface area contributed by atoms with Crippen molar-refractivity contribution in [1.82, 2.24) is 15.0 Å². The maximum atomic E-state index is 13.7. The highest BCUT2D eigenvalue weighted by Gasteiger charge is 2.17. The van der Waals surface area contributed by atoms with Crippen LogP contribution in [-0.4, -0.2) is 41.3 Å². The summed E-state index contributed by atoms with van der Waals surface area (Å²) in [6, 6.07) is 16.4. The number of halogens is 1. The second-order valence-corrected chi connectivity index (χ2v) is 6.15. The second-order valence-electron chi connectivity index (χ2n) is 6.15. The lowest BCUT2D eigenvalue weighted by atomic mass is 10.1. The molecule has 0 bridgehead atoms. The Labute approximate surface area is 151 Å². The number of hydrogen-bond acceptors (Lipinski definition) is 5. The van der Waals surface area contributed by atoms with Crippen LogP contribution < -0.4 is 4.90 Å². The molecule has 0 atom stereocenters. The molecule has 5 nitrogen and oxygen atoms in total. The van der Waals surface area contributed by atoms with Crippen LogP contribution in [0.15, 0.2) is 54.6 Å². The molecule has 0 aliphatic carbocycles. The molecule has 0 unspecified atom stereocenters. The van der Waals surface area contributed by atoms with Crippen LogP contribution in [0.25, 0.3) is 11.4 Å². The number of benzene rings is 2. The summed E-state index contributed by atoms with van der Waals surface area (Å²) in [4.78, 5) is 15.9. The van der Waals surface area contributed by atoms with E-state index in [1.54, 1.807) is 6.07 Å². The number of rotatable bonds is 4. The van der Waals surface area contributed by atoms with Crippen LogP contribution in [-0.2, 0) is 11.2 Å². The summed E-state index contributed by atoms with van der Waals surface area (Å²) in [5, 5.41) is 0. The summed E-state index contributed by atoms with van der Waals surface area (Å²) in [6.07, 6.45) is 0.600. The summed E-state index contributed by atoms with van der Waals surface area (Å²) in [5.41, 5.74) is 1.77. The Hall–Kier alpha value is -2.86. The number of aromatic nitrogens is 3. The molecule has 0 radical (unpaired) electrons. The zero-order chi connectivity index (χ0) is 17.8. The minimum Gasteiger partial charge on any atom is -0.378 e. The standard InChI is InChI=1S/C20H19FN4O/c21-17-8-4-7-16(14-17)19-22-18(13-15-5-2-1-3-6-15)23-20(24-19)25-9-11-26-12-10-25/h1-8,14H,9-13H2. The summed E-state index contributed by atoms with van der Waals surface area (Å²) in [5.74, 6) is 1.48. The van der Waals surface area contributed by atoms with Gasteiger partial charge in [0.2, 0.25) is 5.95 Å². The van der Waals surface area contributed by atoms with Gasteiger partial charge in [0.1, 0.15) is 11.6 Å². The van der Waals surface area contributed by atoms with Crippen molar-refractivity contribution in [3.8, 4) is 11.4 Å². The Morgan fingerprint density at radius 1 is 0.923 bits per heavy atom. The highest BCUT2D eigenvalue weighted by Crippen LogP contribution is 2.20. The third-order valence-corrected chi connectivity index (χ3v) is 4.25. The molecule has 26 heavy (non-hydrogen) atoms. The lowest BCUT2D eigenvalue weighted by Gasteiger charge is -2.27. The average Bonchev–Trinajstić information content (AvgIpc) is 2.69. The average molecular weight is 350 g/mol. The van der Waals surface area contributed by atoms with Crippen molar-refractivity contribution in [2.24, 2.45) is 0 Å². The molecule has 0 saturated carbocycles. The molecule has 3 aromatic rings. The van der Waals surface area contributed by atoms with E-state index in [0.29, 0.717) is 42.8 Å². The largest absolute Gasteiger partial charge is 0.378 e. The monoisotopic (exact) mass is 350 g/mol. The maximum absolute atomic E-state index is 13.7. The van der Waals surface area contributed by atoms with Crippen LogP contribution in [0.3, 0.4) is 0 Å². The molecule has 0 spiro atoms. The molecule has 2 heterocycles. The minimum absolute atomic E-state index is 0.305. The first-order valence-corrected chi connectivity index (χ1v) is 8.65. The Morgan fingerprint density at radius 2 is 1.73 bits per heavy atom. The molecule has 4 rings (SSSR count). The Bertz CT molecular complexity index is 882. The van der Waals surface area contributed by atoms with E-state index in [0.717, 1.165) is 18.7 Å². The summed E-state index contributed by atoms with van der Waals surface area (Å²) >= 11 is 0. The van der Waals surface area contributed by atoms with Crippen molar-refractivity contribution < 1.29 is 9.13 Å². The smallest absolute Gasteiger partial charge is 0.229 e.